The van der Waals surface area contributed by atoms with E-state index in [1.54, 1.807) is 35.0 Å². The average molecular weight is 507 g/mol. The first-order valence-electron chi connectivity index (χ1n) is 8.16. The molecule has 1 fully saturated rings. The third-order valence-corrected chi connectivity index (χ3v) is 4.46. The molecule has 0 bridgehead atoms. The lowest BCUT2D eigenvalue weighted by atomic mass is 10.2. The zero-order chi connectivity index (χ0) is 18.7. The molecule has 2 aromatic rings. The highest BCUT2D eigenvalue weighted by atomic mass is 127. The first kappa shape index (κ1) is 21.4. The van der Waals surface area contributed by atoms with Crippen LogP contribution in [0.25, 0.3) is 0 Å². The molecule has 1 aliphatic rings. The molecule has 7 nitrogen and oxygen atoms in total. The van der Waals surface area contributed by atoms with Gasteiger partial charge in [0.25, 0.3) is 0 Å². The molecule has 1 aliphatic heterocycles. The lowest BCUT2D eigenvalue weighted by Gasteiger charge is -2.35. The standard InChI is InChI=1S/C17H20ClFN6O.HI/c1-20-17(21-8-12-3-4-15(19)14(18)7-12)24-5-6-25(16(26)11-24)13-9-22-23(2)10-13;/h3-4,7,9-10H,5-6,8,11H2,1-2H3,(H,20,21);1H. The second-order valence-corrected chi connectivity index (χ2v) is 6.40. The second-order valence-electron chi connectivity index (χ2n) is 5.99. The molecule has 10 heteroatoms. The van der Waals surface area contributed by atoms with Crippen molar-refractivity contribution in [2.45, 2.75) is 6.54 Å². The SMILES string of the molecule is CN=C(NCc1ccc(F)c(Cl)c1)N1CCN(c2cnn(C)c2)C(=O)C1.I. The Morgan fingerprint density at radius 1 is 1.41 bits per heavy atom. The van der Waals surface area contributed by atoms with Crippen molar-refractivity contribution in [1.82, 2.24) is 20.0 Å². The molecular weight excluding hydrogens is 486 g/mol. The van der Waals surface area contributed by atoms with Gasteiger partial charge in [-0.1, -0.05) is 17.7 Å². The van der Waals surface area contributed by atoms with Crippen LogP contribution in [0, 0.1) is 5.82 Å². The van der Waals surface area contributed by atoms with Gasteiger partial charge < -0.3 is 15.1 Å². The minimum Gasteiger partial charge on any atom is -0.352 e. The number of piperazine rings is 1. The van der Waals surface area contributed by atoms with Gasteiger partial charge in [-0.05, 0) is 17.7 Å². The third-order valence-electron chi connectivity index (χ3n) is 4.17. The van der Waals surface area contributed by atoms with E-state index in [1.807, 2.05) is 18.1 Å². The number of benzene rings is 1. The fourth-order valence-corrected chi connectivity index (χ4v) is 3.04. The van der Waals surface area contributed by atoms with Crippen LogP contribution in [0.2, 0.25) is 5.02 Å². The van der Waals surface area contributed by atoms with Crippen LogP contribution in [-0.2, 0) is 18.4 Å². The molecule has 146 valence electrons. The summed E-state index contributed by atoms with van der Waals surface area (Å²) in [7, 11) is 3.48. The first-order chi connectivity index (χ1) is 12.5. The van der Waals surface area contributed by atoms with Gasteiger partial charge in [-0.25, -0.2) is 4.39 Å². The summed E-state index contributed by atoms with van der Waals surface area (Å²) >= 11 is 5.81. The summed E-state index contributed by atoms with van der Waals surface area (Å²) in [6, 6.07) is 4.56. The Kier molecular flexibility index (Phi) is 7.42. The van der Waals surface area contributed by atoms with Crippen molar-refractivity contribution in [1.29, 1.82) is 0 Å². The van der Waals surface area contributed by atoms with Crippen LogP contribution in [-0.4, -0.2) is 53.2 Å². The number of aryl methyl sites for hydroxylation is 1. The fraction of sp³-hybridized carbons (Fsp3) is 0.353. The number of nitrogens with zero attached hydrogens (tertiary/aromatic N) is 5. The predicted molar refractivity (Wildman–Crippen MR) is 114 cm³/mol. The number of carbonyl (C=O) groups excluding carboxylic acids is 1. The van der Waals surface area contributed by atoms with E-state index in [0.717, 1.165) is 11.3 Å². The molecule has 3 rings (SSSR count). The van der Waals surface area contributed by atoms with Crippen molar-refractivity contribution in [2.24, 2.45) is 12.0 Å². The number of guanidine groups is 1. The van der Waals surface area contributed by atoms with Crippen LogP contribution in [0.5, 0.6) is 0 Å². The van der Waals surface area contributed by atoms with Gasteiger partial charge in [0.15, 0.2) is 5.96 Å². The molecule has 0 unspecified atom stereocenters. The lowest BCUT2D eigenvalue weighted by molar-refractivity contribution is -0.120. The van der Waals surface area contributed by atoms with Crippen molar-refractivity contribution >= 4 is 53.1 Å². The van der Waals surface area contributed by atoms with Gasteiger partial charge in [0.2, 0.25) is 5.91 Å². The molecule has 0 radical (unpaired) electrons. The molecular formula is C17H21ClFIN6O. The smallest absolute Gasteiger partial charge is 0.246 e. The minimum absolute atomic E-state index is 0. The van der Waals surface area contributed by atoms with Gasteiger partial charge in [-0.2, -0.15) is 5.10 Å². The van der Waals surface area contributed by atoms with Crippen molar-refractivity contribution < 1.29 is 9.18 Å². The van der Waals surface area contributed by atoms with Crippen LogP contribution < -0.4 is 10.2 Å². The van der Waals surface area contributed by atoms with Crippen molar-refractivity contribution in [3.8, 4) is 0 Å². The number of aromatic nitrogens is 2. The molecule has 1 amide bonds. The van der Waals surface area contributed by atoms with Crippen LogP contribution in [0.4, 0.5) is 10.1 Å². The number of hydrogen-bond acceptors (Lipinski definition) is 3. The summed E-state index contributed by atoms with van der Waals surface area (Å²) in [6.07, 6.45) is 3.50. The maximum absolute atomic E-state index is 13.2. The van der Waals surface area contributed by atoms with E-state index in [9.17, 15) is 9.18 Å². The third kappa shape index (κ3) is 5.10. The molecule has 1 saturated heterocycles. The average Bonchev–Trinajstić information content (AvgIpc) is 3.04. The molecule has 0 spiro atoms. The second kappa shape index (κ2) is 9.36. The van der Waals surface area contributed by atoms with E-state index in [0.29, 0.717) is 25.6 Å². The zero-order valence-electron chi connectivity index (χ0n) is 15.0. The molecule has 2 heterocycles. The van der Waals surface area contributed by atoms with Gasteiger partial charge in [0, 0.05) is 39.9 Å². The quantitative estimate of drug-likeness (QED) is 0.394. The number of rotatable bonds is 3. The normalized spacial score (nSPS) is 15.0. The Morgan fingerprint density at radius 2 is 2.19 bits per heavy atom. The summed E-state index contributed by atoms with van der Waals surface area (Å²) in [5.74, 6) is 0.151. The number of nitrogens with one attached hydrogen (secondary N) is 1. The van der Waals surface area contributed by atoms with E-state index in [4.69, 9.17) is 11.6 Å². The van der Waals surface area contributed by atoms with Gasteiger partial charge in [0.05, 0.1) is 16.9 Å². The number of hydrogen-bond donors (Lipinski definition) is 1. The summed E-state index contributed by atoms with van der Waals surface area (Å²) in [4.78, 5) is 20.3. The van der Waals surface area contributed by atoms with E-state index in [2.05, 4.69) is 15.4 Å². The topological polar surface area (TPSA) is 65.8 Å². The molecule has 0 aliphatic carbocycles. The predicted octanol–water partition coefficient (Wildman–Crippen LogP) is 2.25. The molecule has 1 aromatic carbocycles. The number of halogens is 3. The molecule has 27 heavy (non-hydrogen) atoms. The Morgan fingerprint density at radius 3 is 2.78 bits per heavy atom. The van der Waals surface area contributed by atoms with Gasteiger partial charge in [-0.3, -0.25) is 14.5 Å². The lowest BCUT2D eigenvalue weighted by Crippen LogP contribution is -2.55. The number of anilines is 1. The summed E-state index contributed by atoms with van der Waals surface area (Å²) < 4.78 is 14.9. The largest absolute Gasteiger partial charge is 0.352 e. The molecule has 1 N–H and O–H groups in total. The van der Waals surface area contributed by atoms with Crippen molar-refractivity contribution in [2.75, 3.05) is 31.6 Å². The number of carbonyl (C=O) groups is 1. The van der Waals surface area contributed by atoms with E-state index in [-0.39, 0.29) is 41.5 Å². The van der Waals surface area contributed by atoms with Crippen LogP contribution in [0.15, 0.2) is 35.6 Å². The zero-order valence-corrected chi connectivity index (χ0v) is 18.1. The van der Waals surface area contributed by atoms with Crippen molar-refractivity contribution in [3.05, 3.63) is 47.0 Å². The highest BCUT2D eigenvalue weighted by Gasteiger charge is 2.27. The van der Waals surface area contributed by atoms with Crippen LogP contribution >= 0.6 is 35.6 Å². The maximum Gasteiger partial charge on any atom is 0.246 e. The summed E-state index contributed by atoms with van der Waals surface area (Å²) in [5, 5.41) is 7.38. The Bertz CT molecular complexity index is 843. The Balaban J connectivity index is 0.00000261. The monoisotopic (exact) mass is 506 g/mol. The maximum atomic E-state index is 13.2. The van der Waals surface area contributed by atoms with E-state index >= 15 is 0 Å². The van der Waals surface area contributed by atoms with Crippen LogP contribution in [0.3, 0.4) is 0 Å². The van der Waals surface area contributed by atoms with Gasteiger partial charge in [0.1, 0.15) is 12.4 Å². The van der Waals surface area contributed by atoms with Crippen LogP contribution in [0.1, 0.15) is 5.56 Å². The summed E-state index contributed by atoms with van der Waals surface area (Å²) in [5.41, 5.74) is 1.62. The highest BCUT2D eigenvalue weighted by Crippen LogP contribution is 2.17. The molecule has 0 atom stereocenters. The Hall–Kier alpha value is -1.88. The number of aliphatic imine (C=N–C) groups is 1. The highest BCUT2D eigenvalue weighted by molar-refractivity contribution is 14.0. The first-order valence-corrected chi connectivity index (χ1v) is 8.54. The summed E-state index contributed by atoms with van der Waals surface area (Å²) in [6.45, 7) is 1.85. The fourth-order valence-electron chi connectivity index (χ4n) is 2.84. The Labute approximate surface area is 179 Å². The van der Waals surface area contributed by atoms with E-state index in [1.165, 1.54) is 6.07 Å². The van der Waals surface area contributed by atoms with Gasteiger partial charge >= 0.3 is 0 Å². The number of amides is 1. The molecule has 1 aromatic heterocycles. The molecule has 0 saturated carbocycles. The van der Waals surface area contributed by atoms with Gasteiger partial charge in [-0.15, -0.1) is 24.0 Å². The minimum atomic E-state index is -0.447. The van der Waals surface area contributed by atoms with Crippen molar-refractivity contribution in [3.63, 3.8) is 0 Å². The van der Waals surface area contributed by atoms with E-state index < -0.39 is 5.82 Å².